The van der Waals surface area contributed by atoms with Crippen LogP contribution < -0.4 is 9.46 Å². The van der Waals surface area contributed by atoms with E-state index in [0.717, 1.165) is 29.6 Å². The topological polar surface area (TPSA) is 37.0 Å². The van der Waals surface area contributed by atoms with Crippen molar-refractivity contribution < 1.29 is 9.13 Å². The number of benzene rings is 2. The summed E-state index contributed by atoms with van der Waals surface area (Å²) >= 11 is 1.58. The molecule has 5 heteroatoms. The summed E-state index contributed by atoms with van der Waals surface area (Å²) in [7, 11) is 0. The molecule has 130 valence electrons. The largest absolute Gasteiger partial charge is 0.493 e. The number of halogens is 1. The van der Waals surface area contributed by atoms with E-state index in [1.54, 1.807) is 11.9 Å². The van der Waals surface area contributed by atoms with Gasteiger partial charge in [-0.05, 0) is 30.5 Å². The minimum Gasteiger partial charge on any atom is -0.493 e. The van der Waals surface area contributed by atoms with Crippen molar-refractivity contribution in [3.63, 3.8) is 0 Å². The maximum Gasteiger partial charge on any atom is 0.126 e. The minimum absolute atomic E-state index is 0.169. The fourth-order valence-corrected chi connectivity index (χ4v) is 4.45. The van der Waals surface area contributed by atoms with E-state index in [9.17, 15) is 4.39 Å². The number of fused-ring (bicyclic) bond motifs is 2. The SMILES string of the molecule is CCC1(c2c[nH]c3c(NSC)cccc23)CCOc2cc(F)ccc21. The number of hydrogen-bond donors (Lipinski definition) is 2. The van der Waals surface area contributed by atoms with Gasteiger partial charge in [0.1, 0.15) is 11.6 Å². The lowest BCUT2D eigenvalue weighted by Crippen LogP contribution is -2.33. The van der Waals surface area contributed by atoms with E-state index in [1.807, 2.05) is 12.3 Å². The van der Waals surface area contributed by atoms with Crippen molar-refractivity contribution in [1.29, 1.82) is 0 Å². The standard InChI is InChI=1S/C20H21FN2OS/c1-3-20(9-10-24-18-11-13(21)7-8-15(18)20)16-12-22-19-14(16)5-4-6-17(19)23-25-2/h4-8,11-12,22-23H,3,9-10H2,1-2H3. The Morgan fingerprint density at radius 3 is 2.96 bits per heavy atom. The van der Waals surface area contributed by atoms with Gasteiger partial charge >= 0.3 is 0 Å². The van der Waals surface area contributed by atoms with Crippen LogP contribution in [0.1, 0.15) is 30.9 Å². The molecule has 2 aromatic carbocycles. The highest BCUT2D eigenvalue weighted by molar-refractivity contribution is 7.99. The third-order valence-corrected chi connectivity index (χ3v) is 5.72. The van der Waals surface area contributed by atoms with Crippen LogP contribution in [0.15, 0.2) is 42.6 Å². The number of hydrogen-bond acceptors (Lipinski definition) is 3. The first-order valence-corrected chi connectivity index (χ1v) is 9.74. The quantitative estimate of drug-likeness (QED) is 0.608. The molecule has 4 rings (SSSR count). The van der Waals surface area contributed by atoms with Crippen LogP contribution in [0, 0.1) is 5.82 Å². The Labute approximate surface area is 151 Å². The summed E-state index contributed by atoms with van der Waals surface area (Å²) in [6, 6.07) is 11.2. The first kappa shape index (κ1) is 16.3. The Hall–Kier alpha value is -2.14. The molecule has 0 spiro atoms. The highest BCUT2D eigenvalue weighted by Gasteiger charge is 2.39. The lowest BCUT2D eigenvalue weighted by molar-refractivity contribution is 0.231. The molecule has 1 atom stereocenters. The van der Waals surface area contributed by atoms with Crippen molar-refractivity contribution in [3.8, 4) is 5.75 Å². The van der Waals surface area contributed by atoms with Crippen molar-refractivity contribution >= 4 is 28.5 Å². The van der Waals surface area contributed by atoms with Crippen LogP contribution in [0.5, 0.6) is 5.75 Å². The summed E-state index contributed by atoms with van der Waals surface area (Å²) in [5.41, 5.74) is 4.35. The molecule has 0 saturated heterocycles. The molecule has 0 amide bonds. The van der Waals surface area contributed by atoms with E-state index in [0.29, 0.717) is 12.4 Å². The molecular formula is C20H21FN2OS. The predicted octanol–water partition coefficient (Wildman–Crippen LogP) is 5.48. The molecule has 0 fully saturated rings. The highest BCUT2D eigenvalue weighted by Crippen LogP contribution is 2.48. The fourth-order valence-electron chi connectivity index (χ4n) is 4.06. The van der Waals surface area contributed by atoms with Crippen molar-refractivity contribution in [2.45, 2.75) is 25.2 Å². The van der Waals surface area contributed by atoms with Gasteiger partial charge in [0.05, 0.1) is 17.8 Å². The number of rotatable bonds is 4. The summed E-state index contributed by atoms with van der Waals surface area (Å²) in [5, 5.41) is 1.21. The molecule has 0 saturated carbocycles. The molecule has 0 bridgehead atoms. The molecule has 3 aromatic rings. The van der Waals surface area contributed by atoms with Crippen LogP contribution in [-0.2, 0) is 5.41 Å². The van der Waals surface area contributed by atoms with Crippen LogP contribution in [0.3, 0.4) is 0 Å². The van der Waals surface area contributed by atoms with Gasteiger partial charge in [-0.2, -0.15) is 0 Å². The van der Waals surface area contributed by atoms with Crippen LogP contribution >= 0.6 is 11.9 Å². The van der Waals surface area contributed by atoms with E-state index >= 15 is 0 Å². The molecule has 1 aromatic heterocycles. The van der Waals surface area contributed by atoms with Gasteiger partial charge in [-0.15, -0.1) is 0 Å². The van der Waals surface area contributed by atoms with Crippen LogP contribution in [0.25, 0.3) is 10.9 Å². The van der Waals surface area contributed by atoms with E-state index in [-0.39, 0.29) is 11.2 Å². The molecule has 25 heavy (non-hydrogen) atoms. The predicted molar refractivity (Wildman–Crippen MR) is 103 cm³/mol. The molecule has 1 aliphatic rings. The first-order valence-electron chi connectivity index (χ1n) is 8.52. The third kappa shape index (κ3) is 2.49. The molecule has 0 radical (unpaired) electrons. The minimum atomic E-state index is -0.254. The van der Waals surface area contributed by atoms with E-state index < -0.39 is 0 Å². The summed E-state index contributed by atoms with van der Waals surface area (Å²) in [4.78, 5) is 3.45. The number of aromatic amines is 1. The van der Waals surface area contributed by atoms with Gasteiger partial charge in [-0.25, -0.2) is 4.39 Å². The average Bonchev–Trinajstić information content (AvgIpc) is 3.06. The normalized spacial score (nSPS) is 19.5. The Morgan fingerprint density at radius 2 is 2.16 bits per heavy atom. The summed E-state index contributed by atoms with van der Waals surface area (Å²) in [6.45, 7) is 2.79. The van der Waals surface area contributed by atoms with Gasteiger partial charge in [0.2, 0.25) is 0 Å². The van der Waals surface area contributed by atoms with E-state index in [4.69, 9.17) is 4.74 Å². The fraction of sp³-hybridized carbons (Fsp3) is 0.300. The smallest absolute Gasteiger partial charge is 0.126 e. The highest BCUT2D eigenvalue weighted by atomic mass is 32.2. The van der Waals surface area contributed by atoms with Gasteiger partial charge in [0, 0.05) is 34.9 Å². The van der Waals surface area contributed by atoms with Gasteiger partial charge in [0.25, 0.3) is 0 Å². The number of ether oxygens (including phenoxy) is 1. The molecular weight excluding hydrogens is 335 g/mol. The van der Waals surface area contributed by atoms with Crippen molar-refractivity contribution in [1.82, 2.24) is 4.98 Å². The molecule has 0 aliphatic carbocycles. The Balaban J connectivity index is 1.94. The maximum atomic E-state index is 13.7. The molecule has 1 aliphatic heterocycles. The zero-order valence-corrected chi connectivity index (χ0v) is 15.2. The molecule has 2 heterocycles. The second-order valence-electron chi connectivity index (χ2n) is 6.41. The molecule has 3 nitrogen and oxygen atoms in total. The van der Waals surface area contributed by atoms with Crippen molar-refractivity contribution in [2.75, 3.05) is 17.6 Å². The monoisotopic (exact) mass is 356 g/mol. The van der Waals surface area contributed by atoms with Gasteiger partial charge < -0.3 is 14.4 Å². The summed E-state index contributed by atoms with van der Waals surface area (Å²) < 4.78 is 22.8. The zero-order valence-electron chi connectivity index (χ0n) is 14.4. The summed E-state index contributed by atoms with van der Waals surface area (Å²) in [5.74, 6) is 0.414. The summed E-state index contributed by atoms with van der Waals surface area (Å²) in [6.07, 6.45) is 5.94. The van der Waals surface area contributed by atoms with Crippen molar-refractivity contribution in [2.24, 2.45) is 0 Å². The van der Waals surface area contributed by atoms with Crippen LogP contribution in [-0.4, -0.2) is 17.8 Å². The number of H-pyrrole nitrogens is 1. The van der Waals surface area contributed by atoms with Crippen molar-refractivity contribution in [3.05, 3.63) is 59.5 Å². The van der Waals surface area contributed by atoms with Gasteiger partial charge in [-0.3, -0.25) is 0 Å². The maximum absolute atomic E-state index is 13.7. The van der Waals surface area contributed by atoms with Crippen LogP contribution in [0.4, 0.5) is 10.1 Å². The number of para-hydroxylation sites is 1. The Bertz CT molecular complexity index is 923. The number of nitrogens with one attached hydrogen (secondary N) is 2. The second kappa shape index (κ2) is 6.30. The lowest BCUT2D eigenvalue weighted by atomic mass is 9.69. The second-order valence-corrected chi connectivity index (χ2v) is 7.02. The Kier molecular flexibility index (Phi) is 4.12. The van der Waals surface area contributed by atoms with Gasteiger partial charge in [0.15, 0.2) is 0 Å². The number of aromatic nitrogens is 1. The Morgan fingerprint density at radius 1 is 1.28 bits per heavy atom. The van der Waals surface area contributed by atoms with E-state index in [1.165, 1.54) is 23.1 Å². The molecule has 2 N–H and O–H groups in total. The first-order chi connectivity index (χ1) is 12.2. The zero-order chi connectivity index (χ0) is 17.4. The van der Waals surface area contributed by atoms with Crippen LogP contribution in [0.2, 0.25) is 0 Å². The molecule has 1 unspecified atom stereocenters. The van der Waals surface area contributed by atoms with E-state index in [2.05, 4.69) is 41.0 Å². The average molecular weight is 356 g/mol. The third-order valence-electron chi connectivity index (χ3n) is 5.29. The lowest BCUT2D eigenvalue weighted by Gasteiger charge is -2.38. The number of anilines is 1. The van der Waals surface area contributed by atoms with Gasteiger partial charge in [-0.1, -0.05) is 37.1 Å².